The second-order valence-corrected chi connectivity index (χ2v) is 7.67. The van der Waals surface area contributed by atoms with Crippen LogP contribution < -0.4 is 19.2 Å². The van der Waals surface area contributed by atoms with Crippen molar-refractivity contribution in [1.82, 2.24) is 8.97 Å². The summed E-state index contributed by atoms with van der Waals surface area (Å²) in [5, 5.41) is 18.8. The second kappa shape index (κ2) is 11.7. The molecular formula is C22H30N2O4. The van der Waals surface area contributed by atoms with Crippen molar-refractivity contribution in [3.8, 4) is 0 Å². The van der Waals surface area contributed by atoms with Gasteiger partial charge in [0, 0.05) is 0 Å². The number of nitrogens with zero attached hydrogens (tertiary/aromatic N) is 2. The lowest BCUT2D eigenvalue weighted by atomic mass is 10.3. The number of carbonyl (C=O) groups excluding carboxylic acids is 2. The summed E-state index contributed by atoms with van der Waals surface area (Å²) in [7, 11) is 13.0. The Kier molecular flexibility index (Phi) is 10.5. The fraction of sp³-hybridized carbons (Fsp3) is 0.273. The maximum atomic E-state index is 9.41. The molecule has 0 fully saturated rings. The Morgan fingerprint density at radius 3 is 1.00 bits per heavy atom. The van der Waals surface area contributed by atoms with Crippen molar-refractivity contribution >= 4 is 23.3 Å². The largest absolute Gasteiger partial charge is 0.545 e. The van der Waals surface area contributed by atoms with Crippen LogP contribution in [0.15, 0.2) is 72.8 Å². The monoisotopic (exact) mass is 386 g/mol. The first-order valence-electron chi connectivity index (χ1n) is 8.68. The fourth-order valence-electron chi connectivity index (χ4n) is 1.89. The summed E-state index contributed by atoms with van der Waals surface area (Å²) in [5.41, 5.74) is 2.67. The lowest BCUT2D eigenvalue weighted by molar-refractivity contribution is -0.301. The van der Waals surface area contributed by atoms with Crippen LogP contribution in [0.25, 0.3) is 0 Å². The van der Waals surface area contributed by atoms with E-state index in [1.54, 1.807) is 0 Å². The number of carboxylic acid groups (broad SMARTS) is 2. The van der Waals surface area contributed by atoms with Gasteiger partial charge in [0.25, 0.3) is 0 Å². The SMILES string of the molecule is C[N+](C)(C)c1ccccc1.C[N+](C)(C)c1ccccc1.O=C([O-])/C=C\C(=O)[O-]. The lowest BCUT2D eigenvalue weighted by Crippen LogP contribution is -2.34. The van der Waals surface area contributed by atoms with Crippen molar-refractivity contribution in [2.75, 3.05) is 42.3 Å². The van der Waals surface area contributed by atoms with Gasteiger partial charge in [0.05, 0.1) is 54.2 Å². The molecule has 28 heavy (non-hydrogen) atoms. The highest BCUT2D eigenvalue weighted by Gasteiger charge is 2.09. The average molecular weight is 386 g/mol. The molecule has 6 heteroatoms. The molecule has 0 aliphatic carbocycles. The van der Waals surface area contributed by atoms with Gasteiger partial charge in [-0.1, -0.05) is 36.4 Å². The number of quaternary nitrogens is 2. The van der Waals surface area contributed by atoms with E-state index in [4.69, 9.17) is 0 Å². The molecule has 0 atom stereocenters. The molecule has 0 aliphatic heterocycles. The predicted octanol–water partition coefficient (Wildman–Crippen LogP) is 0.809. The molecule has 0 saturated heterocycles. The van der Waals surface area contributed by atoms with Gasteiger partial charge < -0.3 is 19.8 Å². The van der Waals surface area contributed by atoms with E-state index in [1.807, 2.05) is 12.1 Å². The topological polar surface area (TPSA) is 80.3 Å². The highest BCUT2D eigenvalue weighted by Crippen LogP contribution is 2.14. The summed E-state index contributed by atoms with van der Waals surface area (Å²) in [4.78, 5) is 18.8. The Labute approximate surface area is 167 Å². The Bertz CT molecular complexity index is 678. The minimum atomic E-state index is -1.55. The van der Waals surface area contributed by atoms with Crippen molar-refractivity contribution in [2.24, 2.45) is 0 Å². The zero-order valence-electron chi connectivity index (χ0n) is 17.5. The third-order valence-corrected chi connectivity index (χ3v) is 3.42. The first kappa shape index (κ1) is 25.0. The molecule has 0 N–H and O–H groups in total. The molecule has 6 nitrogen and oxygen atoms in total. The van der Waals surface area contributed by atoms with Crippen LogP contribution in [0.2, 0.25) is 0 Å². The van der Waals surface area contributed by atoms with Gasteiger partial charge in [0.2, 0.25) is 0 Å². The van der Waals surface area contributed by atoms with Crippen LogP contribution in [-0.4, -0.2) is 54.2 Å². The van der Waals surface area contributed by atoms with Crippen molar-refractivity contribution < 1.29 is 19.8 Å². The van der Waals surface area contributed by atoms with Crippen LogP contribution in [0, 0.1) is 0 Å². The molecular weight excluding hydrogens is 356 g/mol. The van der Waals surface area contributed by atoms with Crippen LogP contribution in [0.3, 0.4) is 0 Å². The maximum Gasteiger partial charge on any atom is 0.132 e. The Balaban J connectivity index is 0.000000394. The minimum Gasteiger partial charge on any atom is -0.545 e. The quantitative estimate of drug-likeness (QED) is 0.575. The van der Waals surface area contributed by atoms with Gasteiger partial charge in [0.15, 0.2) is 0 Å². The Morgan fingerprint density at radius 1 is 0.607 bits per heavy atom. The zero-order valence-corrected chi connectivity index (χ0v) is 17.5. The molecule has 0 bridgehead atoms. The molecule has 0 spiro atoms. The van der Waals surface area contributed by atoms with E-state index in [0.29, 0.717) is 12.2 Å². The van der Waals surface area contributed by atoms with Gasteiger partial charge >= 0.3 is 0 Å². The fourth-order valence-corrected chi connectivity index (χ4v) is 1.89. The normalized spacial score (nSPS) is 10.9. The molecule has 2 aromatic carbocycles. The van der Waals surface area contributed by atoms with Gasteiger partial charge in [-0.2, -0.15) is 0 Å². The highest BCUT2D eigenvalue weighted by molar-refractivity contribution is 5.87. The van der Waals surface area contributed by atoms with E-state index >= 15 is 0 Å². The van der Waals surface area contributed by atoms with E-state index in [-0.39, 0.29) is 0 Å². The molecule has 0 saturated carbocycles. The third-order valence-electron chi connectivity index (χ3n) is 3.42. The molecule has 0 aromatic heterocycles. The van der Waals surface area contributed by atoms with Crippen molar-refractivity contribution in [3.63, 3.8) is 0 Å². The van der Waals surface area contributed by atoms with Gasteiger partial charge in [-0.25, -0.2) is 0 Å². The number of benzene rings is 2. The van der Waals surface area contributed by atoms with Crippen molar-refractivity contribution in [1.29, 1.82) is 0 Å². The van der Waals surface area contributed by atoms with Crippen LogP contribution in [-0.2, 0) is 9.59 Å². The van der Waals surface area contributed by atoms with Gasteiger partial charge in [-0.05, 0) is 36.4 Å². The van der Waals surface area contributed by atoms with Gasteiger partial charge in [0.1, 0.15) is 11.4 Å². The third kappa shape index (κ3) is 12.4. The summed E-state index contributed by atoms with van der Waals surface area (Å²) < 4.78 is 1.78. The molecule has 152 valence electrons. The van der Waals surface area contributed by atoms with Crippen LogP contribution in [0.1, 0.15) is 0 Å². The first-order chi connectivity index (χ1) is 12.8. The second-order valence-electron chi connectivity index (χ2n) is 7.67. The summed E-state index contributed by atoms with van der Waals surface area (Å²) in [6.45, 7) is 0. The van der Waals surface area contributed by atoms with Crippen LogP contribution in [0.5, 0.6) is 0 Å². The number of rotatable bonds is 4. The molecule has 0 aliphatic rings. The number of hydrogen-bond acceptors (Lipinski definition) is 4. The average Bonchev–Trinajstić information content (AvgIpc) is 2.61. The van der Waals surface area contributed by atoms with E-state index in [1.165, 1.54) is 11.4 Å². The number of carbonyl (C=O) groups is 2. The van der Waals surface area contributed by atoms with E-state index < -0.39 is 11.9 Å². The number of para-hydroxylation sites is 2. The van der Waals surface area contributed by atoms with Gasteiger partial charge in [-0.3, -0.25) is 8.97 Å². The standard InChI is InChI=1S/2C9H14N.C4H4O4/c2*1-10(2,3)9-7-5-4-6-8-9;5-3(6)1-2-4(7)8/h2*4-8H,1-3H3;1-2H,(H,5,6)(H,7,8)/q2*+1;/p-2/b;;2-1-. The lowest BCUT2D eigenvalue weighted by Gasteiger charge is -2.22. The van der Waals surface area contributed by atoms with Crippen LogP contribution in [0.4, 0.5) is 11.4 Å². The van der Waals surface area contributed by atoms with E-state index in [9.17, 15) is 19.8 Å². The Hall–Kier alpha value is -2.96. The minimum absolute atomic E-state index is 0.384. The van der Waals surface area contributed by atoms with Crippen molar-refractivity contribution in [3.05, 3.63) is 72.8 Å². The first-order valence-corrected chi connectivity index (χ1v) is 8.68. The Morgan fingerprint density at radius 2 is 0.857 bits per heavy atom. The van der Waals surface area contributed by atoms with E-state index in [0.717, 1.165) is 8.97 Å². The summed E-state index contributed by atoms with van der Waals surface area (Å²) in [6.07, 6.45) is 0.769. The summed E-state index contributed by atoms with van der Waals surface area (Å²) in [6, 6.07) is 20.9. The number of hydrogen-bond donors (Lipinski definition) is 0. The zero-order chi connectivity index (χ0) is 21.8. The number of carboxylic acids is 2. The number of aliphatic carboxylic acids is 2. The maximum absolute atomic E-state index is 9.41. The summed E-state index contributed by atoms with van der Waals surface area (Å²) in [5.74, 6) is -3.09. The van der Waals surface area contributed by atoms with E-state index in [2.05, 4.69) is 90.8 Å². The molecule has 2 aromatic rings. The molecule has 0 amide bonds. The van der Waals surface area contributed by atoms with Gasteiger partial charge in [-0.15, -0.1) is 0 Å². The molecule has 2 rings (SSSR count). The molecule has 0 heterocycles. The van der Waals surface area contributed by atoms with Crippen LogP contribution >= 0.6 is 0 Å². The smallest absolute Gasteiger partial charge is 0.132 e. The molecule has 0 radical (unpaired) electrons. The summed E-state index contributed by atoms with van der Waals surface area (Å²) >= 11 is 0. The van der Waals surface area contributed by atoms with Crippen molar-refractivity contribution in [2.45, 2.75) is 0 Å². The highest BCUT2D eigenvalue weighted by atomic mass is 16.4. The molecule has 0 unspecified atom stereocenters. The predicted molar refractivity (Wildman–Crippen MR) is 111 cm³/mol.